The Balaban J connectivity index is 2.77. The molecule has 6 nitrogen and oxygen atoms in total. The molecule has 1 amide bonds. The number of rotatable bonds is 7. The fourth-order valence-electron chi connectivity index (χ4n) is 1.62. The number of carbonyl (C=O) groups is 2. The van der Waals surface area contributed by atoms with Gasteiger partial charge < -0.3 is 20.1 Å². The summed E-state index contributed by atoms with van der Waals surface area (Å²) in [5.41, 5.74) is 6.64. The van der Waals surface area contributed by atoms with Gasteiger partial charge in [-0.1, -0.05) is 0 Å². The van der Waals surface area contributed by atoms with Gasteiger partial charge in [0.1, 0.15) is 6.54 Å². The number of carbonyl (C=O) groups excluding carboxylic acids is 2. The maximum absolute atomic E-state index is 12.3. The fraction of sp³-hybridized carbons (Fsp3) is 0.429. The number of hydrogen-bond donors (Lipinski definition) is 1. The van der Waals surface area contributed by atoms with Crippen LogP contribution in [0.1, 0.15) is 17.3 Å². The van der Waals surface area contributed by atoms with Gasteiger partial charge in [-0.15, -0.1) is 0 Å². The molecule has 0 heterocycles. The van der Waals surface area contributed by atoms with Gasteiger partial charge in [0.25, 0.3) is 5.91 Å². The molecule has 1 aromatic rings. The maximum atomic E-state index is 12.3. The molecule has 20 heavy (non-hydrogen) atoms. The molecule has 0 bridgehead atoms. The van der Waals surface area contributed by atoms with Gasteiger partial charge in [-0.05, 0) is 31.2 Å². The summed E-state index contributed by atoms with van der Waals surface area (Å²) in [7, 11) is 1.54. The van der Waals surface area contributed by atoms with E-state index in [0.717, 1.165) is 0 Å². The average Bonchev–Trinajstić information content (AvgIpc) is 2.44. The molecule has 2 N–H and O–H groups in total. The number of methoxy groups -OCH3 is 1. The summed E-state index contributed by atoms with van der Waals surface area (Å²) in [6.07, 6.45) is 0. The van der Waals surface area contributed by atoms with Crippen LogP contribution in [0.3, 0.4) is 0 Å². The molecule has 0 spiro atoms. The highest BCUT2D eigenvalue weighted by atomic mass is 16.5. The Morgan fingerprint density at radius 3 is 2.45 bits per heavy atom. The van der Waals surface area contributed by atoms with E-state index in [1.54, 1.807) is 31.2 Å². The number of ether oxygens (including phenoxy) is 2. The average molecular weight is 280 g/mol. The van der Waals surface area contributed by atoms with Gasteiger partial charge in [0, 0.05) is 24.9 Å². The SMILES string of the molecule is CCOC(=O)CN(CCOC)C(=O)c1ccc(N)cc1. The molecule has 1 rings (SSSR count). The first kappa shape index (κ1) is 16.0. The van der Waals surface area contributed by atoms with E-state index in [1.165, 1.54) is 12.0 Å². The van der Waals surface area contributed by atoms with Crippen LogP contribution >= 0.6 is 0 Å². The summed E-state index contributed by atoms with van der Waals surface area (Å²) in [6.45, 7) is 2.57. The molecule has 0 aliphatic heterocycles. The van der Waals surface area contributed by atoms with Crippen molar-refractivity contribution in [2.45, 2.75) is 6.92 Å². The first-order valence-electron chi connectivity index (χ1n) is 6.37. The molecule has 0 fully saturated rings. The molecule has 0 aliphatic rings. The third-order valence-corrected chi connectivity index (χ3v) is 2.64. The Hall–Kier alpha value is -2.08. The van der Waals surface area contributed by atoms with Crippen molar-refractivity contribution in [1.82, 2.24) is 4.90 Å². The van der Waals surface area contributed by atoms with Crippen LogP contribution in [0.4, 0.5) is 5.69 Å². The van der Waals surface area contributed by atoms with Crippen LogP contribution < -0.4 is 5.73 Å². The van der Waals surface area contributed by atoms with E-state index in [9.17, 15) is 9.59 Å². The van der Waals surface area contributed by atoms with E-state index >= 15 is 0 Å². The molecule has 110 valence electrons. The Morgan fingerprint density at radius 2 is 1.90 bits per heavy atom. The van der Waals surface area contributed by atoms with Gasteiger partial charge >= 0.3 is 5.97 Å². The molecule has 0 aliphatic carbocycles. The zero-order valence-corrected chi connectivity index (χ0v) is 11.8. The number of amides is 1. The molecule has 1 aromatic carbocycles. The molecule has 0 saturated carbocycles. The minimum absolute atomic E-state index is 0.0968. The van der Waals surface area contributed by atoms with Crippen LogP contribution in [-0.2, 0) is 14.3 Å². The Bertz CT molecular complexity index is 445. The first-order chi connectivity index (χ1) is 9.58. The van der Waals surface area contributed by atoms with E-state index in [0.29, 0.717) is 24.4 Å². The molecular formula is C14H20N2O4. The molecule has 0 saturated heterocycles. The molecule has 0 radical (unpaired) electrons. The monoisotopic (exact) mass is 280 g/mol. The van der Waals surface area contributed by atoms with Crippen molar-refractivity contribution in [1.29, 1.82) is 0 Å². The maximum Gasteiger partial charge on any atom is 0.325 e. The third-order valence-electron chi connectivity index (χ3n) is 2.64. The topological polar surface area (TPSA) is 81.9 Å². The largest absolute Gasteiger partial charge is 0.465 e. The van der Waals surface area contributed by atoms with Crippen LogP contribution in [0.15, 0.2) is 24.3 Å². The van der Waals surface area contributed by atoms with E-state index in [2.05, 4.69) is 0 Å². The number of benzene rings is 1. The van der Waals surface area contributed by atoms with Gasteiger partial charge in [-0.2, -0.15) is 0 Å². The summed E-state index contributed by atoms with van der Waals surface area (Å²) < 4.78 is 9.82. The third kappa shape index (κ3) is 4.89. The smallest absolute Gasteiger partial charge is 0.325 e. The highest BCUT2D eigenvalue weighted by molar-refractivity contribution is 5.96. The van der Waals surface area contributed by atoms with Crippen molar-refractivity contribution in [2.24, 2.45) is 0 Å². The fourth-order valence-corrected chi connectivity index (χ4v) is 1.62. The van der Waals surface area contributed by atoms with Gasteiger partial charge in [-0.3, -0.25) is 9.59 Å². The number of nitrogens with two attached hydrogens (primary N) is 1. The number of nitrogen functional groups attached to an aromatic ring is 1. The van der Waals surface area contributed by atoms with Gasteiger partial charge in [-0.25, -0.2) is 0 Å². The predicted octanol–water partition coefficient (Wildman–Crippen LogP) is 0.920. The highest BCUT2D eigenvalue weighted by Gasteiger charge is 2.19. The lowest BCUT2D eigenvalue weighted by molar-refractivity contribution is -0.143. The zero-order valence-electron chi connectivity index (χ0n) is 11.8. The number of nitrogens with zero attached hydrogens (tertiary/aromatic N) is 1. The summed E-state index contributed by atoms with van der Waals surface area (Å²) in [4.78, 5) is 25.2. The second kappa shape index (κ2) is 8.16. The second-order valence-corrected chi connectivity index (χ2v) is 4.15. The van der Waals surface area contributed by atoms with Crippen molar-refractivity contribution in [3.8, 4) is 0 Å². The van der Waals surface area contributed by atoms with Crippen LogP contribution in [0.5, 0.6) is 0 Å². The van der Waals surface area contributed by atoms with Gasteiger partial charge in [0.2, 0.25) is 0 Å². The van der Waals surface area contributed by atoms with Crippen molar-refractivity contribution in [3.05, 3.63) is 29.8 Å². The van der Waals surface area contributed by atoms with Crippen molar-refractivity contribution >= 4 is 17.6 Å². The minimum atomic E-state index is -0.438. The summed E-state index contributed by atoms with van der Waals surface area (Å²) in [6, 6.07) is 6.55. The Labute approximate surface area is 118 Å². The Kier molecular flexibility index (Phi) is 6.52. The normalized spacial score (nSPS) is 10.1. The van der Waals surface area contributed by atoms with E-state index in [-0.39, 0.29) is 19.1 Å². The predicted molar refractivity (Wildman–Crippen MR) is 75.3 cm³/mol. The van der Waals surface area contributed by atoms with Crippen molar-refractivity contribution in [3.63, 3.8) is 0 Å². The van der Waals surface area contributed by atoms with Gasteiger partial charge in [0.05, 0.1) is 13.2 Å². The first-order valence-corrected chi connectivity index (χ1v) is 6.37. The summed E-state index contributed by atoms with van der Waals surface area (Å²) in [5.74, 6) is -0.692. The van der Waals surface area contributed by atoms with Gasteiger partial charge in [0.15, 0.2) is 0 Å². The number of esters is 1. The van der Waals surface area contributed by atoms with Crippen LogP contribution in [0.2, 0.25) is 0 Å². The lowest BCUT2D eigenvalue weighted by Gasteiger charge is -2.21. The van der Waals surface area contributed by atoms with E-state index in [4.69, 9.17) is 15.2 Å². The molecule has 0 atom stereocenters. The molecular weight excluding hydrogens is 260 g/mol. The van der Waals surface area contributed by atoms with E-state index in [1.807, 2.05) is 0 Å². The quantitative estimate of drug-likeness (QED) is 0.593. The Morgan fingerprint density at radius 1 is 1.25 bits per heavy atom. The van der Waals surface area contributed by atoms with E-state index < -0.39 is 5.97 Å². The van der Waals surface area contributed by atoms with Crippen LogP contribution in [0.25, 0.3) is 0 Å². The number of anilines is 1. The van der Waals surface area contributed by atoms with Crippen molar-refractivity contribution in [2.75, 3.05) is 39.1 Å². The minimum Gasteiger partial charge on any atom is -0.465 e. The lowest BCUT2D eigenvalue weighted by Crippen LogP contribution is -2.38. The van der Waals surface area contributed by atoms with Crippen LogP contribution in [0, 0.1) is 0 Å². The molecule has 0 unspecified atom stereocenters. The zero-order chi connectivity index (χ0) is 15.0. The second-order valence-electron chi connectivity index (χ2n) is 4.15. The summed E-state index contributed by atoms with van der Waals surface area (Å²) >= 11 is 0. The van der Waals surface area contributed by atoms with Crippen LogP contribution in [-0.4, -0.2) is 50.2 Å². The molecule has 0 aromatic heterocycles. The highest BCUT2D eigenvalue weighted by Crippen LogP contribution is 2.09. The number of hydrogen-bond acceptors (Lipinski definition) is 5. The lowest BCUT2D eigenvalue weighted by atomic mass is 10.2. The molecule has 6 heteroatoms. The standard InChI is InChI=1S/C14H20N2O4/c1-3-20-13(17)10-16(8-9-19-2)14(18)11-4-6-12(15)7-5-11/h4-7H,3,8-10,15H2,1-2H3. The van der Waals surface area contributed by atoms with Crippen molar-refractivity contribution < 1.29 is 19.1 Å². The summed E-state index contributed by atoms with van der Waals surface area (Å²) in [5, 5.41) is 0.